The lowest BCUT2D eigenvalue weighted by molar-refractivity contribution is 0.415. The summed E-state index contributed by atoms with van der Waals surface area (Å²) in [6.07, 6.45) is 1.89. The molecule has 4 heteroatoms. The highest BCUT2D eigenvalue weighted by Crippen LogP contribution is 2.28. The van der Waals surface area contributed by atoms with Crippen LogP contribution in [0, 0.1) is 0 Å². The van der Waals surface area contributed by atoms with Gasteiger partial charge in [0.25, 0.3) is 0 Å². The van der Waals surface area contributed by atoms with Crippen LogP contribution in [0.4, 0.5) is 0 Å². The van der Waals surface area contributed by atoms with E-state index >= 15 is 0 Å². The summed E-state index contributed by atoms with van der Waals surface area (Å²) >= 11 is 0. The van der Waals surface area contributed by atoms with Gasteiger partial charge in [-0.25, -0.2) is 0 Å². The topological polar surface area (TPSA) is 53.1 Å². The van der Waals surface area contributed by atoms with Crippen molar-refractivity contribution in [3.63, 3.8) is 0 Å². The number of nitrogens with two attached hydrogens (primary N) is 1. The molecule has 3 rings (SSSR count). The molecule has 98 valence electrons. The SMILES string of the molecule is COc1ccc2ccc3cnn(CC(C)N)c3c2c1. The summed E-state index contributed by atoms with van der Waals surface area (Å²) in [6, 6.07) is 10.4. The Labute approximate surface area is 111 Å². The number of methoxy groups -OCH3 is 1. The molecule has 0 radical (unpaired) electrons. The van der Waals surface area contributed by atoms with E-state index in [2.05, 4.69) is 29.4 Å². The number of ether oxygens (including phenoxy) is 1. The van der Waals surface area contributed by atoms with Gasteiger partial charge in [-0.2, -0.15) is 5.10 Å². The number of hydrogen-bond donors (Lipinski definition) is 1. The van der Waals surface area contributed by atoms with Crippen molar-refractivity contribution in [3.8, 4) is 5.75 Å². The smallest absolute Gasteiger partial charge is 0.119 e. The third-order valence-electron chi connectivity index (χ3n) is 3.29. The van der Waals surface area contributed by atoms with Gasteiger partial charge in [0.05, 0.1) is 25.4 Å². The predicted octanol–water partition coefficient (Wildman–Crippen LogP) is 2.55. The van der Waals surface area contributed by atoms with Gasteiger partial charge in [0.2, 0.25) is 0 Å². The second-order valence-electron chi connectivity index (χ2n) is 4.89. The number of aromatic nitrogens is 2. The number of benzene rings is 2. The van der Waals surface area contributed by atoms with Gasteiger partial charge >= 0.3 is 0 Å². The van der Waals surface area contributed by atoms with E-state index < -0.39 is 0 Å². The lowest BCUT2D eigenvalue weighted by Crippen LogP contribution is -2.22. The van der Waals surface area contributed by atoms with Crippen molar-refractivity contribution in [2.75, 3.05) is 7.11 Å². The van der Waals surface area contributed by atoms with E-state index in [0.717, 1.165) is 22.0 Å². The fourth-order valence-electron chi connectivity index (χ4n) is 2.42. The zero-order chi connectivity index (χ0) is 13.4. The highest BCUT2D eigenvalue weighted by molar-refractivity contribution is 6.05. The van der Waals surface area contributed by atoms with E-state index in [1.165, 1.54) is 5.39 Å². The third-order valence-corrected chi connectivity index (χ3v) is 3.29. The van der Waals surface area contributed by atoms with Crippen LogP contribution in [0.2, 0.25) is 0 Å². The van der Waals surface area contributed by atoms with E-state index in [0.29, 0.717) is 6.54 Å². The number of fused-ring (bicyclic) bond motifs is 3. The van der Waals surface area contributed by atoms with Gasteiger partial charge in [0, 0.05) is 16.8 Å². The van der Waals surface area contributed by atoms with Crippen LogP contribution in [0.3, 0.4) is 0 Å². The second kappa shape index (κ2) is 4.55. The minimum absolute atomic E-state index is 0.0731. The van der Waals surface area contributed by atoms with Gasteiger partial charge in [0.1, 0.15) is 5.75 Å². The molecule has 19 heavy (non-hydrogen) atoms. The molecular formula is C15H17N3O. The predicted molar refractivity (Wildman–Crippen MR) is 77.4 cm³/mol. The maximum Gasteiger partial charge on any atom is 0.119 e. The average Bonchev–Trinajstić information content (AvgIpc) is 2.81. The van der Waals surface area contributed by atoms with E-state index in [1.54, 1.807) is 7.11 Å². The monoisotopic (exact) mass is 255 g/mol. The lowest BCUT2D eigenvalue weighted by Gasteiger charge is -2.09. The van der Waals surface area contributed by atoms with Gasteiger partial charge in [0.15, 0.2) is 0 Å². The Morgan fingerprint density at radius 1 is 1.26 bits per heavy atom. The molecule has 0 spiro atoms. The van der Waals surface area contributed by atoms with Gasteiger partial charge in [-0.05, 0) is 24.4 Å². The molecule has 0 saturated carbocycles. The van der Waals surface area contributed by atoms with Gasteiger partial charge in [-0.1, -0.05) is 18.2 Å². The Balaban J connectivity index is 2.32. The highest BCUT2D eigenvalue weighted by atomic mass is 16.5. The minimum atomic E-state index is 0.0731. The maximum absolute atomic E-state index is 5.89. The summed E-state index contributed by atoms with van der Waals surface area (Å²) in [6.45, 7) is 2.69. The maximum atomic E-state index is 5.89. The summed E-state index contributed by atoms with van der Waals surface area (Å²) in [5.41, 5.74) is 7.01. The van der Waals surface area contributed by atoms with Crippen molar-refractivity contribution >= 4 is 21.7 Å². The Morgan fingerprint density at radius 2 is 2.00 bits per heavy atom. The van der Waals surface area contributed by atoms with Crippen LogP contribution in [0.15, 0.2) is 36.5 Å². The third kappa shape index (κ3) is 2.04. The number of nitrogens with zero attached hydrogens (tertiary/aromatic N) is 2. The minimum Gasteiger partial charge on any atom is -0.497 e. The molecule has 0 amide bonds. The van der Waals surface area contributed by atoms with Crippen LogP contribution in [-0.4, -0.2) is 22.9 Å². The first kappa shape index (κ1) is 12.0. The molecule has 1 atom stereocenters. The zero-order valence-corrected chi connectivity index (χ0v) is 11.1. The fourth-order valence-corrected chi connectivity index (χ4v) is 2.42. The van der Waals surface area contributed by atoms with Crippen LogP contribution < -0.4 is 10.5 Å². The molecular weight excluding hydrogens is 238 g/mol. The Bertz CT molecular complexity index is 731. The molecule has 0 aliphatic carbocycles. The van der Waals surface area contributed by atoms with Crippen molar-refractivity contribution in [2.45, 2.75) is 19.5 Å². The Hall–Kier alpha value is -2.07. The number of hydrogen-bond acceptors (Lipinski definition) is 3. The van der Waals surface area contributed by atoms with Crippen LogP contribution in [0.25, 0.3) is 21.7 Å². The van der Waals surface area contributed by atoms with E-state index in [-0.39, 0.29) is 6.04 Å². The van der Waals surface area contributed by atoms with E-state index in [9.17, 15) is 0 Å². The zero-order valence-electron chi connectivity index (χ0n) is 11.1. The number of rotatable bonds is 3. The molecule has 1 unspecified atom stereocenters. The van der Waals surface area contributed by atoms with Crippen LogP contribution in [0.1, 0.15) is 6.92 Å². The molecule has 1 aromatic heterocycles. The van der Waals surface area contributed by atoms with Crippen molar-refractivity contribution < 1.29 is 4.74 Å². The molecule has 1 heterocycles. The van der Waals surface area contributed by atoms with Crippen LogP contribution >= 0.6 is 0 Å². The molecule has 2 N–H and O–H groups in total. The van der Waals surface area contributed by atoms with Gasteiger partial charge < -0.3 is 10.5 Å². The quantitative estimate of drug-likeness (QED) is 0.782. The van der Waals surface area contributed by atoms with Crippen LogP contribution in [-0.2, 0) is 6.54 Å². The average molecular weight is 255 g/mol. The first-order valence-corrected chi connectivity index (χ1v) is 6.37. The molecule has 3 aromatic rings. The summed E-state index contributed by atoms with van der Waals surface area (Å²) in [5, 5.41) is 7.89. The second-order valence-corrected chi connectivity index (χ2v) is 4.89. The molecule has 0 bridgehead atoms. The summed E-state index contributed by atoms with van der Waals surface area (Å²) in [5.74, 6) is 0.855. The molecule has 0 aliphatic rings. The summed E-state index contributed by atoms with van der Waals surface area (Å²) < 4.78 is 7.29. The van der Waals surface area contributed by atoms with Gasteiger partial charge in [-0.3, -0.25) is 4.68 Å². The van der Waals surface area contributed by atoms with E-state index in [4.69, 9.17) is 10.5 Å². The molecule has 2 aromatic carbocycles. The standard InChI is InChI=1S/C15H17N3O/c1-10(16)9-18-15-12(8-17-18)4-3-11-5-6-13(19-2)7-14(11)15/h3-8,10H,9,16H2,1-2H3. The highest BCUT2D eigenvalue weighted by Gasteiger charge is 2.09. The molecule has 4 nitrogen and oxygen atoms in total. The van der Waals surface area contributed by atoms with Crippen molar-refractivity contribution in [3.05, 3.63) is 36.5 Å². The molecule has 0 aliphatic heterocycles. The lowest BCUT2D eigenvalue weighted by atomic mass is 10.1. The van der Waals surface area contributed by atoms with Crippen molar-refractivity contribution in [1.82, 2.24) is 9.78 Å². The van der Waals surface area contributed by atoms with Crippen LogP contribution in [0.5, 0.6) is 5.75 Å². The van der Waals surface area contributed by atoms with E-state index in [1.807, 2.05) is 23.9 Å². The summed E-state index contributed by atoms with van der Waals surface area (Å²) in [7, 11) is 1.68. The van der Waals surface area contributed by atoms with Crippen molar-refractivity contribution in [1.29, 1.82) is 0 Å². The normalized spacial score (nSPS) is 13.0. The first-order valence-electron chi connectivity index (χ1n) is 6.37. The fraction of sp³-hybridized carbons (Fsp3) is 0.267. The molecule has 0 fully saturated rings. The largest absolute Gasteiger partial charge is 0.497 e. The Morgan fingerprint density at radius 3 is 2.74 bits per heavy atom. The first-order chi connectivity index (χ1) is 9.19. The Kier molecular flexibility index (Phi) is 2.87. The summed E-state index contributed by atoms with van der Waals surface area (Å²) in [4.78, 5) is 0. The molecule has 0 saturated heterocycles. The van der Waals surface area contributed by atoms with Gasteiger partial charge in [-0.15, -0.1) is 0 Å². The van der Waals surface area contributed by atoms with Crippen molar-refractivity contribution in [2.24, 2.45) is 5.73 Å².